The third-order valence-electron chi connectivity index (χ3n) is 2.15. The van der Waals surface area contributed by atoms with Crippen LogP contribution in [0.2, 0.25) is 0 Å². The Balaban J connectivity index is 3.31. The normalized spacial score (nSPS) is 11.6. The highest BCUT2D eigenvalue weighted by Crippen LogP contribution is 2.31. The van der Waals surface area contributed by atoms with E-state index in [4.69, 9.17) is 0 Å². The Kier molecular flexibility index (Phi) is 3.59. The minimum absolute atomic E-state index is 0.792. The molecular weight excluding hydrogens is 266 g/mol. The predicted octanol–water partition coefficient (Wildman–Crippen LogP) is 3.19. The molecule has 18 heavy (non-hydrogen) atoms. The van der Waals surface area contributed by atoms with Crippen molar-refractivity contribution in [2.75, 3.05) is 0 Å². The first-order valence-electron chi connectivity index (χ1n) is 4.50. The summed E-state index contributed by atoms with van der Waals surface area (Å²) in [6, 6.07) is 0. The van der Waals surface area contributed by atoms with Crippen molar-refractivity contribution in [3.05, 3.63) is 28.6 Å². The lowest BCUT2D eigenvalue weighted by molar-refractivity contribution is -0.189. The molecule has 0 N–H and O–H groups in total. The molecule has 0 aliphatic rings. The van der Waals surface area contributed by atoms with Crippen molar-refractivity contribution in [2.45, 2.75) is 20.0 Å². The van der Waals surface area contributed by atoms with Crippen LogP contribution in [-0.2, 0) is 4.79 Å². The van der Waals surface area contributed by atoms with Crippen molar-refractivity contribution < 1.29 is 35.9 Å². The van der Waals surface area contributed by atoms with Gasteiger partial charge in [-0.3, -0.25) is 0 Å². The highest BCUT2D eigenvalue weighted by molar-refractivity contribution is 5.78. The van der Waals surface area contributed by atoms with E-state index in [0.717, 1.165) is 13.8 Å². The molecule has 0 bridgehead atoms. The molecule has 0 spiro atoms. The summed E-state index contributed by atoms with van der Waals surface area (Å²) in [6.45, 7) is 1.60. The van der Waals surface area contributed by atoms with Crippen LogP contribution in [0.5, 0.6) is 5.75 Å². The summed E-state index contributed by atoms with van der Waals surface area (Å²) in [5.74, 6) is -8.65. The fourth-order valence-corrected chi connectivity index (χ4v) is 1.13. The van der Waals surface area contributed by atoms with E-state index in [1.807, 2.05) is 0 Å². The molecule has 0 aliphatic heterocycles. The maximum Gasteiger partial charge on any atom is 0.491 e. The van der Waals surface area contributed by atoms with Gasteiger partial charge in [-0.2, -0.15) is 13.2 Å². The molecule has 0 radical (unpaired) electrons. The van der Waals surface area contributed by atoms with Gasteiger partial charge >= 0.3 is 12.1 Å². The Morgan fingerprint density at radius 3 is 1.83 bits per heavy atom. The first-order valence-corrected chi connectivity index (χ1v) is 4.50. The fraction of sp³-hybridized carbons (Fsp3) is 0.300. The van der Waals surface area contributed by atoms with Gasteiger partial charge in [0.25, 0.3) is 0 Å². The number of alkyl halides is 3. The molecule has 0 saturated carbocycles. The van der Waals surface area contributed by atoms with Crippen molar-refractivity contribution in [3.63, 3.8) is 0 Å². The number of esters is 1. The monoisotopic (exact) mass is 272 g/mol. The first-order chi connectivity index (χ1) is 8.07. The lowest BCUT2D eigenvalue weighted by atomic mass is 10.1. The second kappa shape index (κ2) is 4.51. The lowest BCUT2D eigenvalue weighted by Gasteiger charge is -2.13. The van der Waals surface area contributed by atoms with E-state index in [2.05, 4.69) is 4.74 Å². The van der Waals surface area contributed by atoms with E-state index in [1.165, 1.54) is 0 Å². The van der Waals surface area contributed by atoms with Gasteiger partial charge < -0.3 is 4.74 Å². The van der Waals surface area contributed by atoms with Crippen molar-refractivity contribution in [1.82, 2.24) is 0 Å². The molecule has 100 valence electrons. The molecule has 0 aliphatic carbocycles. The number of rotatable bonds is 1. The Bertz CT molecular complexity index is 477. The summed E-state index contributed by atoms with van der Waals surface area (Å²) in [4.78, 5) is 10.5. The molecule has 2 nitrogen and oxygen atoms in total. The van der Waals surface area contributed by atoms with Crippen molar-refractivity contribution in [3.8, 4) is 5.75 Å². The van der Waals surface area contributed by atoms with Gasteiger partial charge in [0.2, 0.25) is 0 Å². The van der Waals surface area contributed by atoms with E-state index in [9.17, 15) is 31.1 Å². The summed E-state index contributed by atoms with van der Waals surface area (Å²) in [7, 11) is 0. The number of benzene rings is 1. The predicted molar refractivity (Wildman–Crippen MR) is 47.5 cm³/mol. The molecule has 1 rings (SSSR count). The van der Waals surface area contributed by atoms with Crippen LogP contribution in [0.1, 0.15) is 11.1 Å². The van der Waals surface area contributed by atoms with Crippen LogP contribution in [0.25, 0.3) is 0 Å². The largest absolute Gasteiger partial charge is 0.491 e. The van der Waals surface area contributed by atoms with Gasteiger partial charge in [0.05, 0.1) is 0 Å². The van der Waals surface area contributed by atoms with Gasteiger partial charge in [-0.15, -0.1) is 0 Å². The number of ether oxygens (including phenoxy) is 1. The molecule has 1 aromatic rings. The quantitative estimate of drug-likeness (QED) is 0.339. The Morgan fingerprint density at radius 2 is 1.39 bits per heavy atom. The molecule has 0 aromatic heterocycles. The second-order valence-electron chi connectivity index (χ2n) is 3.41. The molecule has 0 saturated heterocycles. The van der Waals surface area contributed by atoms with Crippen LogP contribution in [-0.4, -0.2) is 12.1 Å². The third-order valence-corrected chi connectivity index (χ3v) is 2.15. The highest BCUT2D eigenvalue weighted by atomic mass is 19.4. The molecule has 0 heterocycles. The molecule has 0 unspecified atom stereocenters. The number of carbonyl (C=O) groups is 1. The average molecular weight is 272 g/mol. The number of hydrogen-bond donors (Lipinski definition) is 0. The van der Waals surface area contributed by atoms with E-state index in [0.29, 0.717) is 0 Å². The third kappa shape index (κ3) is 2.41. The van der Waals surface area contributed by atoms with Crippen molar-refractivity contribution in [2.24, 2.45) is 0 Å². The summed E-state index contributed by atoms with van der Waals surface area (Å²) in [5, 5.41) is 0. The Labute approximate surface area is 97.2 Å². The van der Waals surface area contributed by atoms with Crippen LogP contribution >= 0.6 is 0 Å². The van der Waals surface area contributed by atoms with Gasteiger partial charge in [0.15, 0.2) is 23.2 Å². The zero-order chi connectivity index (χ0) is 14.2. The number of halogens is 6. The molecule has 0 atom stereocenters. The zero-order valence-electron chi connectivity index (χ0n) is 9.08. The minimum Gasteiger partial charge on any atom is -0.416 e. The first kappa shape index (κ1) is 14.3. The summed E-state index contributed by atoms with van der Waals surface area (Å²) >= 11 is 0. The zero-order valence-corrected chi connectivity index (χ0v) is 9.08. The van der Waals surface area contributed by atoms with E-state index < -0.39 is 46.5 Å². The molecule has 0 fully saturated rings. The summed E-state index contributed by atoms with van der Waals surface area (Å²) in [6.07, 6.45) is -5.36. The van der Waals surface area contributed by atoms with Crippen LogP contribution in [0.15, 0.2) is 0 Å². The van der Waals surface area contributed by atoms with Crippen LogP contribution < -0.4 is 4.74 Å². The maximum atomic E-state index is 13.4. The van der Waals surface area contributed by atoms with Crippen LogP contribution in [0.3, 0.4) is 0 Å². The van der Waals surface area contributed by atoms with E-state index in [1.54, 1.807) is 0 Å². The Morgan fingerprint density at radius 1 is 0.944 bits per heavy atom. The molecule has 1 aromatic carbocycles. The van der Waals surface area contributed by atoms with E-state index >= 15 is 0 Å². The fourth-order valence-electron chi connectivity index (χ4n) is 1.13. The van der Waals surface area contributed by atoms with Crippen molar-refractivity contribution in [1.29, 1.82) is 0 Å². The Hall–Kier alpha value is -1.73. The summed E-state index contributed by atoms with van der Waals surface area (Å²) < 4.78 is 79.0. The smallest absolute Gasteiger partial charge is 0.416 e. The molecule has 8 heteroatoms. The highest BCUT2D eigenvalue weighted by Gasteiger charge is 2.42. The van der Waals surface area contributed by atoms with Gasteiger partial charge in [-0.25, -0.2) is 18.0 Å². The van der Waals surface area contributed by atoms with E-state index in [-0.39, 0.29) is 0 Å². The topological polar surface area (TPSA) is 26.3 Å². The maximum absolute atomic E-state index is 13.4. The average Bonchev–Trinajstić information content (AvgIpc) is 2.28. The minimum atomic E-state index is -5.36. The molecule has 0 amide bonds. The van der Waals surface area contributed by atoms with Gasteiger partial charge in [0.1, 0.15) is 0 Å². The number of hydrogen-bond acceptors (Lipinski definition) is 2. The number of carbonyl (C=O) groups excluding carboxylic acids is 1. The van der Waals surface area contributed by atoms with Crippen LogP contribution in [0.4, 0.5) is 26.3 Å². The standard InChI is InChI=1S/C10H6F6O2/c1-3-5(11)6(12)4(2)8(7(3)13)18-9(17)10(14,15)16/h1-2H3. The van der Waals surface area contributed by atoms with Gasteiger partial charge in [0, 0.05) is 11.1 Å². The van der Waals surface area contributed by atoms with Gasteiger partial charge in [-0.05, 0) is 13.8 Å². The van der Waals surface area contributed by atoms with Gasteiger partial charge in [-0.1, -0.05) is 0 Å². The summed E-state index contributed by atoms with van der Waals surface area (Å²) in [5.41, 5.74) is -1.73. The second-order valence-corrected chi connectivity index (χ2v) is 3.41. The molecular formula is C10H6F6O2. The SMILES string of the molecule is Cc1c(F)c(F)c(C)c(OC(=O)C(F)(F)F)c1F. The lowest BCUT2D eigenvalue weighted by Crippen LogP contribution is -2.29. The van der Waals surface area contributed by atoms with Crippen LogP contribution in [0, 0.1) is 31.3 Å². The van der Waals surface area contributed by atoms with Crippen molar-refractivity contribution >= 4 is 5.97 Å².